The number of phenols is 1. The number of hydrogen-bond donors (Lipinski definition) is 3. The van der Waals surface area contributed by atoms with E-state index >= 15 is 0 Å². The molecule has 1 heterocycles. The maximum Gasteiger partial charge on any atom is 0.374 e. The molecule has 1 aromatic heterocycles. The molecule has 0 amide bonds. The van der Waals surface area contributed by atoms with Crippen LogP contribution in [0.5, 0.6) is 5.75 Å². The Labute approximate surface area is 88.7 Å². The number of halogens is 1. The van der Waals surface area contributed by atoms with Crippen molar-refractivity contribution >= 4 is 34.2 Å². The number of aromatic hydroxyl groups is 1. The van der Waals surface area contributed by atoms with Crippen molar-refractivity contribution in [3.05, 3.63) is 22.9 Å². The van der Waals surface area contributed by atoms with Gasteiger partial charge < -0.3 is 20.4 Å². The van der Waals surface area contributed by atoms with Gasteiger partial charge in [-0.15, -0.1) is 0 Å². The van der Waals surface area contributed by atoms with Crippen LogP contribution in [-0.4, -0.2) is 16.2 Å². The molecule has 78 valence electrons. The van der Waals surface area contributed by atoms with E-state index in [2.05, 4.69) is 0 Å². The standard InChI is InChI=1S/C9H6ClNO4/c10-5-2-3(12)1-4-6(11)8(9(13)14)15-7(4)5/h1-2,12H,11H2,(H,13,14). The van der Waals surface area contributed by atoms with Crippen molar-refractivity contribution < 1.29 is 19.4 Å². The number of hydrogen-bond acceptors (Lipinski definition) is 4. The summed E-state index contributed by atoms with van der Waals surface area (Å²) < 4.78 is 4.98. The molecule has 0 aliphatic carbocycles. The summed E-state index contributed by atoms with van der Waals surface area (Å²) in [4.78, 5) is 10.7. The number of furan rings is 1. The summed E-state index contributed by atoms with van der Waals surface area (Å²) in [6, 6.07) is 2.55. The van der Waals surface area contributed by atoms with E-state index in [1.54, 1.807) is 0 Å². The molecule has 0 unspecified atom stereocenters. The highest BCUT2D eigenvalue weighted by molar-refractivity contribution is 6.35. The van der Waals surface area contributed by atoms with Crippen LogP contribution in [0.4, 0.5) is 5.69 Å². The number of anilines is 1. The van der Waals surface area contributed by atoms with E-state index in [9.17, 15) is 9.90 Å². The number of carboxylic acids is 1. The second-order valence-corrected chi connectivity index (χ2v) is 3.36. The minimum absolute atomic E-state index is 0.0460. The average molecular weight is 228 g/mol. The molecule has 6 heteroatoms. The van der Waals surface area contributed by atoms with Gasteiger partial charge in [0.15, 0.2) is 5.58 Å². The zero-order valence-corrected chi connectivity index (χ0v) is 8.08. The third-order valence-corrected chi connectivity index (χ3v) is 2.24. The van der Waals surface area contributed by atoms with Crippen molar-refractivity contribution in [1.29, 1.82) is 0 Å². The molecule has 5 nitrogen and oxygen atoms in total. The molecule has 0 bridgehead atoms. The molecule has 1 aromatic carbocycles. The van der Waals surface area contributed by atoms with E-state index < -0.39 is 5.97 Å². The fourth-order valence-electron chi connectivity index (χ4n) is 1.32. The summed E-state index contributed by atoms with van der Waals surface area (Å²) in [5.41, 5.74) is 5.64. The van der Waals surface area contributed by atoms with Crippen LogP contribution in [0.2, 0.25) is 5.02 Å². The van der Waals surface area contributed by atoms with Gasteiger partial charge in [0.25, 0.3) is 0 Å². The molecular formula is C9H6ClNO4. The maximum absolute atomic E-state index is 10.7. The molecule has 0 saturated carbocycles. The molecule has 0 atom stereocenters. The van der Waals surface area contributed by atoms with Crippen molar-refractivity contribution in [1.82, 2.24) is 0 Å². The summed E-state index contributed by atoms with van der Waals surface area (Å²) in [7, 11) is 0. The predicted molar refractivity (Wildman–Crippen MR) is 54.3 cm³/mol. The number of aromatic carboxylic acids is 1. The molecule has 4 N–H and O–H groups in total. The largest absolute Gasteiger partial charge is 0.508 e. The van der Waals surface area contributed by atoms with Gasteiger partial charge in [-0.05, 0) is 6.07 Å². The summed E-state index contributed by atoms with van der Waals surface area (Å²) in [5, 5.41) is 18.4. The van der Waals surface area contributed by atoms with E-state index in [1.165, 1.54) is 12.1 Å². The topological polar surface area (TPSA) is 96.7 Å². The Morgan fingerprint density at radius 2 is 2.13 bits per heavy atom. The number of fused-ring (bicyclic) bond motifs is 1. The van der Waals surface area contributed by atoms with Gasteiger partial charge in [-0.25, -0.2) is 4.79 Å². The molecule has 0 radical (unpaired) electrons. The van der Waals surface area contributed by atoms with Crippen molar-refractivity contribution in [3.63, 3.8) is 0 Å². The quantitative estimate of drug-likeness (QED) is 0.693. The van der Waals surface area contributed by atoms with Gasteiger partial charge in [0.2, 0.25) is 5.76 Å². The van der Waals surface area contributed by atoms with E-state index in [-0.39, 0.29) is 33.2 Å². The first-order chi connectivity index (χ1) is 7.00. The summed E-state index contributed by atoms with van der Waals surface area (Å²) >= 11 is 5.75. The Morgan fingerprint density at radius 1 is 1.47 bits per heavy atom. The van der Waals surface area contributed by atoms with Gasteiger partial charge in [0.1, 0.15) is 5.75 Å². The first-order valence-electron chi connectivity index (χ1n) is 3.94. The minimum atomic E-state index is -1.28. The zero-order chi connectivity index (χ0) is 11.2. The fraction of sp³-hybridized carbons (Fsp3) is 0. The number of nitrogens with two attached hydrogens (primary N) is 1. The molecule has 2 aromatic rings. The SMILES string of the molecule is Nc1c(C(=O)O)oc2c(Cl)cc(O)cc12. The summed E-state index contributed by atoms with van der Waals surface area (Å²) in [6.45, 7) is 0. The molecule has 0 saturated heterocycles. The maximum atomic E-state index is 10.7. The van der Waals surface area contributed by atoms with Crippen LogP contribution in [0, 0.1) is 0 Å². The monoisotopic (exact) mass is 227 g/mol. The fourth-order valence-corrected chi connectivity index (χ4v) is 1.57. The number of benzene rings is 1. The highest BCUT2D eigenvalue weighted by Crippen LogP contribution is 2.36. The number of nitrogen functional groups attached to an aromatic ring is 1. The molecule has 15 heavy (non-hydrogen) atoms. The van der Waals surface area contributed by atoms with Crippen LogP contribution in [0.15, 0.2) is 16.5 Å². The smallest absolute Gasteiger partial charge is 0.374 e. The van der Waals surface area contributed by atoms with Crippen molar-refractivity contribution in [2.75, 3.05) is 5.73 Å². The van der Waals surface area contributed by atoms with Crippen LogP contribution < -0.4 is 5.73 Å². The number of rotatable bonds is 1. The van der Waals surface area contributed by atoms with Crippen LogP contribution >= 0.6 is 11.6 Å². The predicted octanol–water partition coefficient (Wildman–Crippen LogP) is 2.07. The lowest BCUT2D eigenvalue weighted by molar-refractivity contribution is 0.0666. The van der Waals surface area contributed by atoms with Gasteiger partial charge in [-0.1, -0.05) is 11.6 Å². The first kappa shape index (κ1) is 9.67. The van der Waals surface area contributed by atoms with Gasteiger partial charge in [0.05, 0.1) is 10.7 Å². The average Bonchev–Trinajstić information content (AvgIpc) is 2.44. The lowest BCUT2D eigenvalue weighted by Crippen LogP contribution is -1.98. The van der Waals surface area contributed by atoms with E-state index in [1.807, 2.05) is 0 Å². The lowest BCUT2D eigenvalue weighted by Gasteiger charge is -1.94. The van der Waals surface area contributed by atoms with E-state index in [0.717, 1.165) is 0 Å². The van der Waals surface area contributed by atoms with Crippen LogP contribution in [0.25, 0.3) is 11.0 Å². The molecule has 2 rings (SSSR count). The highest BCUT2D eigenvalue weighted by Gasteiger charge is 2.19. The molecule has 0 fully saturated rings. The Hall–Kier alpha value is -1.88. The second-order valence-electron chi connectivity index (χ2n) is 2.95. The zero-order valence-electron chi connectivity index (χ0n) is 7.32. The Kier molecular flexibility index (Phi) is 1.97. The van der Waals surface area contributed by atoms with Gasteiger partial charge in [0, 0.05) is 11.5 Å². The Bertz CT molecular complexity index is 561. The minimum Gasteiger partial charge on any atom is -0.508 e. The summed E-state index contributed by atoms with van der Waals surface area (Å²) in [5.74, 6) is -1.76. The number of carboxylic acid groups (broad SMARTS) is 1. The van der Waals surface area contributed by atoms with Gasteiger partial charge in [-0.3, -0.25) is 0 Å². The van der Waals surface area contributed by atoms with Crippen LogP contribution in [0.1, 0.15) is 10.6 Å². The van der Waals surface area contributed by atoms with Crippen molar-refractivity contribution in [2.45, 2.75) is 0 Å². The molecular weight excluding hydrogens is 222 g/mol. The molecule has 0 aliphatic heterocycles. The second kappa shape index (κ2) is 3.06. The van der Waals surface area contributed by atoms with Crippen molar-refractivity contribution in [3.8, 4) is 5.75 Å². The Balaban J connectivity index is 2.88. The third kappa shape index (κ3) is 1.37. The molecule has 0 spiro atoms. The molecule has 0 aliphatic rings. The third-order valence-electron chi connectivity index (χ3n) is 1.96. The first-order valence-corrected chi connectivity index (χ1v) is 4.32. The summed E-state index contributed by atoms with van der Waals surface area (Å²) in [6.07, 6.45) is 0. The van der Waals surface area contributed by atoms with Crippen LogP contribution in [0.3, 0.4) is 0 Å². The van der Waals surface area contributed by atoms with Gasteiger partial charge >= 0.3 is 5.97 Å². The normalized spacial score (nSPS) is 10.7. The van der Waals surface area contributed by atoms with Gasteiger partial charge in [-0.2, -0.15) is 0 Å². The highest BCUT2D eigenvalue weighted by atomic mass is 35.5. The number of phenolic OH excluding ortho intramolecular Hbond substituents is 1. The number of carbonyl (C=O) groups is 1. The van der Waals surface area contributed by atoms with Crippen LogP contribution in [-0.2, 0) is 0 Å². The van der Waals surface area contributed by atoms with E-state index in [0.29, 0.717) is 0 Å². The van der Waals surface area contributed by atoms with E-state index in [4.69, 9.17) is 26.9 Å². The lowest BCUT2D eigenvalue weighted by atomic mass is 10.2. The Morgan fingerprint density at radius 3 is 2.73 bits per heavy atom. The van der Waals surface area contributed by atoms with Crippen molar-refractivity contribution in [2.24, 2.45) is 0 Å².